The van der Waals surface area contributed by atoms with Gasteiger partial charge in [-0.1, -0.05) is 285 Å². The van der Waals surface area contributed by atoms with Gasteiger partial charge in [0.2, 0.25) is 0 Å². The maximum Gasteiger partial charge on any atom is 0.472 e. The van der Waals surface area contributed by atoms with Crippen LogP contribution in [0.1, 0.15) is 336 Å². The third-order valence-corrected chi connectivity index (χ3v) is 17.2. The van der Waals surface area contributed by atoms with E-state index in [2.05, 4.69) is 34.6 Å². The van der Waals surface area contributed by atoms with Crippen LogP contribution in [0.15, 0.2) is 0 Å². The van der Waals surface area contributed by atoms with Crippen LogP contribution in [0.4, 0.5) is 0 Å². The Morgan fingerprint density at radius 2 is 0.541 bits per heavy atom. The van der Waals surface area contributed by atoms with Crippen LogP contribution in [0.3, 0.4) is 0 Å². The molecule has 504 valence electrons. The van der Waals surface area contributed by atoms with Crippen molar-refractivity contribution in [2.45, 2.75) is 355 Å². The summed E-state index contributed by atoms with van der Waals surface area (Å²) < 4.78 is 67.9. The van der Waals surface area contributed by atoms with Crippen molar-refractivity contribution in [3.63, 3.8) is 0 Å². The number of phosphoric acid groups is 2. The summed E-state index contributed by atoms with van der Waals surface area (Å²) in [6, 6.07) is 0. The van der Waals surface area contributed by atoms with Crippen molar-refractivity contribution in [2.75, 3.05) is 39.6 Å². The lowest BCUT2D eigenvalue weighted by atomic mass is 10.0. The van der Waals surface area contributed by atoms with Crippen molar-refractivity contribution < 1.29 is 80.2 Å². The Balaban J connectivity index is 5.17. The quantitative estimate of drug-likeness (QED) is 0.0222. The van der Waals surface area contributed by atoms with Crippen LogP contribution in [-0.4, -0.2) is 96.7 Å². The lowest BCUT2D eigenvalue weighted by Crippen LogP contribution is -2.30. The number of carbonyl (C=O) groups is 4. The van der Waals surface area contributed by atoms with Gasteiger partial charge in [-0.3, -0.25) is 37.3 Å². The fraction of sp³-hybridized carbons (Fsp3) is 0.939. The van der Waals surface area contributed by atoms with E-state index in [1.54, 1.807) is 0 Å². The topological polar surface area (TPSA) is 237 Å². The van der Waals surface area contributed by atoms with Gasteiger partial charge in [0.25, 0.3) is 0 Å². The van der Waals surface area contributed by atoms with Crippen molar-refractivity contribution in [2.24, 2.45) is 5.92 Å². The van der Waals surface area contributed by atoms with Gasteiger partial charge < -0.3 is 33.8 Å². The highest BCUT2D eigenvalue weighted by atomic mass is 31.2. The zero-order chi connectivity index (χ0) is 62.8. The zero-order valence-corrected chi connectivity index (χ0v) is 56.5. The van der Waals surface area contributed by atoms with Gasteiger partial charge in [-0.2, -0.15) is 0 Å². The molecule has 5 atom stereocenters. The maximum absolute atomic E-state index is 13.0. The average molecular weight is 1260 g/mol. The predicted octanol–water partition coefficient (Wildman–Crippen LogP) is 18.6. The molecule has 2 unspecified atom stereocenters. The molecule has 0 radical (unpaired) electrons. The standard InChI is InChI=1S/C66H128O17P2/c1-6-9-12-15-17-19-21-22-23-24-28-33-37-42-47-52-66(71)83-62(56-77-64(69)50-45-40-35-31-29-25-27-30-34-39-43-48-59(4)5)58-81-85(74,75)79-54-60(67)53-78-84(72,73)80-57-61(55-76-63(68)49-44-38-14-11-8-3)82-65(70)51-46-41-36-32-26-20-18-16-13-10-7-2/h59-62,67H,6-58H2,1-5H3,(H,72,73)(H,74,75)/t60-,61+,62+/m0/s1. The molecule has 0 saturated heterocycles. The molecule has 17 nitrogen and oxygen atoms in total. The zero-order valence-electron chi connectivity index (χ0n) is 54.7. The van der Waals surface area contributed by atoms with Gasteiger partial charge >= 0.3 is 39.5 Å². The van der Waals surface area contributed by atoms with E-state index >= 15 is 0 Å². The third-order valence-electron chi connectivity index (χ3n) is 15.3. The molecule has 3 N–H and O–H groups in total. The first-order valence-corrected chi connectivity index (χ1v) is 37.6. The normalized spacial score (nSPS) is 14.2. The van der Waals surface area contributed by atoms with E-state index in [1.807, 2.05) is 0 Å². The van der Waals surface area contributed by atoms with Crippen molar-refractivity contribution in [1.29, 1.82) is 0 Å². The Morgan fingerprint density at radius 1 is 0.318 bits per heavy atom. The molecule has 0 rings (SSSR count). The van der Waals surface area contributed by atoms with Crippen LogP contribution in [0.2, 0.25) is 0 Å². The third kappa shape index (κ3) is 60.7. The Hall–Kier alpha value is -1.94. The fourth-order valence-corrected chi connectivity index (χ4v) is 11.5. The number of aliphatic hydroxyl groups is 1. The van der Waals surface area contributed by atoms with Crippen molar-refractivity contribution in [3.05, 3.63) is 0 Å². The number of hydrogen-bond donors (Lipinski definition) is 3. The van der Waals surface area contributed by atoms with Gasteiger partial charge in [0.15, 0.2) is 12.2 Å². The van der Waals surface area contributed by atoms with Crippen molar-refractivity contribution in [3.8, 4) is 0 Å². The largest absolute Gasteiger partial charge is 0.472 e. The molecule has 0 aliphatic carbocycles. The van der Waals surface area contributed by atoms with Crippen molar-refractivity contribution >= 4 is 39.5 Å². The molecule has 0 aromatic rings. The minimum Gasteiger partial charge on any atom is -0.462 e. The van der Waals surface area contributed by atoms with E-state index < -0.39 is 97.5 Å². The first kappa shape index (κ1) is 83.1. The van der Waals surface area contributed by atoms with E-state index in [1.165, 1.54) is 154 Å². The Kier molecular flexibility index (Phi) is 58.3. The summed E-state index contributed by atoms with van der Waals surface area (Å²) in [5.74, 6) is -1.37. The number of unbranched alkanes of at least 4 members (excludes halogenated alkanes) is 38. The van der Waals surface area contributed by atoms with Gasteiger partial charge in [0.1, 0.15) is 19.3 Å². The number of phosphoric ester groups is 2. The minimum absolute atomic E-state index is 0.106. The number of rotatable bonds is 66. The van der Waals surface area contributed by atoms with Crippen LogP contribution < -0.4 is 0 Å². The van der Waals surface area contributed by atoms with E-state index in [0.29, 0.717) is 25.7 Å². The minimum atomic E-state index is -4.95. The molecular formula is C66H128O17P2. The maximum atomic E-state index is 13.0. The summed E-state index contributed by atoms with van der Waals surface area (Å²) in [7, 11) is -9.88. The second-order valence-electron chi connectivity index (χ2n) is 24.3. The van der Waals surface area contributed by atoms with Gasteiger partial charge in [0, 0.05) is 25.7 Å². The molecule has 0 spiro atoms. The lowest BCUT2D eigenvalue weighted by molar-refractivity contribution is -0.161. The average Bonchev–Trinajstić information content (AvgIpc) is 3.47. The number of ether oxygens (including phenoxy) is 4. The summed E-state index contributed by atoms with van der Waals surface area (Å²) in [5, 5.41) is 10.5. The molecule has 0 fully saturated rings. The molecule has 19 heteroatoms. The van der Waals surface area contributed by atoms with Crippen LogP contribution in [0.25, 0.3) is 0 Å². The Bertz CT molecular complexity index is 1650. The SMILES string of the molecule is CCCCCCCCCCCCCCCCCC(=O)O[C@H](COC(=O)CCCCCCCCCCCCCC(C)C)COP(=O)(O)OC[C@@H](O)COP(=O)(O)OC[C@@H](COC(=O)CCCCCCC)OC(=O)CCCCCCCCCCCCC. The van der Waals surface area contributed by atoms with Gasteiger partial charge in [0.05, 0.1) is 26.4 Å². The number of carbonyl (C=O) groups excluding carboxylic acids is 4. The highest BCUT2D eigenvalue weighted by molar-refractivity contribution is 7.47. The monoisotopic (exact) mass is 1250 g/mol. The molecule has 0 aromatic carbocycles. The van der Waals surface area contributed by atoms with Crippen LogP contribution >= 0.6 is 15.6 Å². The second-order valence-corrected chi connectivity index (χ2v) is 27.2. The number of esters is 4. The smallest absolute Gasteiger partial charge is 0.462 e. The number of hydrogen-bond acceptors (Lipinski definition) is 15. The Morgan fingerprint density at radius 3 is 0.800 bits per heavy atom. The molecule has 0 amide bonds. The number of aliphatic hydroxyl groups excluding tert-OH is 1. The molecule has 0 heterocycles. The van der Waals surface area contributed by atoms with E-state index in [-0.39, 0.29) is 25.7 Å². The first-order valence-electron chi connectivity index (χ1n) is 34.6. The second kappa shape index (κ2) is 59.7. The summed E-state index contributed by atoms with van der Waals surface area (Å²) in [5.41, 5.74) is 0. The van der Waals surface area contributed by atoms with Crippen LogP contribution in [0, 0.1) is 5.92 Å². The molecule has 0 saturated carbocycles. The molecule has 0 aromatic heterocycles. The summed E-state index contributed by atoms with van der Waals surface area (Å²) in [6.07, 6.45) is 44.7. The highest BCUT2D eigenvalue weighted by Gasteiger charge is 2.30. The predicted molar refractivity (Wildman–Crippen MR) is 340 cm³/mol. The highest BCUT2D eigenvalue weighted by Crippen LogP contribution is 2.45. The first-order chi connectivity index (χ1) is 41.0. The van der Waals surface area contributed by atoms with Gasteiger partial charge in [-0.05, 0) is 31.6 Å². The lowest BCUT2D eigenvalue weighted by Gasteiger charge is -2.21. The molecule has 85 heavy (non-hydrogen) atoms. The summed E-state index contributed by atoms with van der Waals surface area (Å²) in [4.78, 5) is 72.1. The van der Waals surface area contributed by atoms with Gasteiger partial charge in [-0.25, -0.2) is 9.13 Å². The van der Waals surface area contributed by atoms with Crippen LogP contribution in [0.5, 0.6) is 0 Å². The van der Waals surface area contributed by atoms with E-state index in [0.717, 1.165) is 102 Å². The Labute approximate surface area is 517 Å². The van der Waals surface area contributed by atoms with E-state index in [4.69, 9.17) is 37.0 Å². The molecule has 0 bridgehead atoms. The van der Waals surface area contributed by atoms with E-state index in [9.17, 15) is 43.2 Å². The fourth-order valence-electron chi connectivity index (χ4n) is 9.94. The van der Waals surface area contributed by atoms with Crippen molar-refractivity contribution in [1.82, 2.24) is 0 Å². The molecular weight excluding hydrogens is 1130 g/mol. The van der Waals surface area contributed by atoms with Crippen LogP contribution in [-0.2, 0) is 65.4 Å². The summed E-state index contributed by atoms with van der Waals surface area (Å²) in [6.45, 7) is 7.13. The van der Waals surface area contributed by atoms with Gasteiger partial charge in [-0.15, -0.1) is 0 Å². The summed E-state index contributed by atoms with van der Waals surface area (Å²) >= 11 is 0. The molecule has 0 aliphatic rings. The molecule has 0 aliphatic heterocycles.